The van der Waals surface area contributed by atoms with Gasteiger partial charge < -0.3 is 28.6 Å². The van der Waals surface area contributed by atoms with Gasteiger partial charge in [-0.2, -0.15) is 10.2 Å². The lowest BCUT2D eigenvalue weighted by Crippen LogP contribution is -2.48. The number of piperazine rings is 1. The molecule has 1 N–H and O–H groups in total. The predicted octanol–water partition coefficient (Wildman–Crippen LogP) is 4.21. The van der Waals surface area contributed by atoms with Gasteiger partial charge in [0.2, 0.25) is 0 Å². The predicted molar refractivity (Wildman–Crippen MR) is 202 cm³/mol. The van der Waals surface area contributed by atoms with Gasteiger partial charge in [-0.05, 0) is 27.7 Å². The average Bonchev–Trinajstić information content (AvgIpc) is 3.97. The SMILES string of the molecule is CC(C)n1ncnc1-c1cn2c(n1)-c1cnc(Cl)cc1OCC2.CC(C)n1ncnc1-c1cn2c(n1)-c1cnc(N3CCN(CC(=O)O)CC3)cc1OCC2. The molecule has 0 unspecified atom stereocenters. The summed E-state index contributed by atoms with van der Waals surface area (Å²) in [6.45, 7) is 13.6. The van der Waals surface area contributed by atoms with E-state index in [2.05, 4.69) is 71.9 Å². The molecule has 286 valence electrons. The van der Waals surface area contributed by atoms with E-state index in [1.807, 2.05) is 38.9 Å². The number of carbonyl (C=O) groups is 1. The van der Waals surface area contributed by atoms with Gasteiger partial charge in [0.15, 0.2) is 11.6 Å². The Balaban J connectivity index is 0.000000164. The summed E-state index contributed by atoms with van der Waals surface area (Å²) in [4.78, 5) is 42.2. The Morgan fingerprint density at radius 1 is 0.727 bits per heavy atom. The van der Waals surface area contributed by atoms with Gasteiger partial charge in [0, 0.05) is 75.2 Å². The maximum absolute atomic E-state index is 10.9. The highest BCUT2D eigenvalue weighted by Gasteiger charge is 2.26. The van der Waals surface area contributed by atoms with E-state index in [0.717, 1.165) is 70.5 Å². The molecule has 3 aliphatic heterocycles. The Hall–Kier alpha value is -5.88. The quantitative estimate of drug-likeness (QED) is 0.228. The van der Waals surface area contributed by atoms with Gasteiger partial charge >= 0.3 is 5.97 Å². The number of aromatic nitrogens is 12. The van der Waals surface area contributed by atoms with Crippen LogP contribution in [0.25, 0.3) is 45.8 Å². The molecule has 1 saturated heterocycles. The van der Waals surface area contributed by atoms with E-state index in [1.165, 1.54) is 0 Å². The van der Waals surface area contributed by atoms with Crippen LogP contribution >= 0.6 is 11.6 Å². The summed E-state index contributed by atoms with van der Waals surface area (Å²) >= 11 is 5.96. The normalized spacial score (nSPS) is 15.1. The molecule has 55 heavy (non-hydrogen) atoms. The number of rotatable bonds is 7. The monoisotopic (exact) mass is 768 g/mol. The molecule has 0 amide bonds. The lowest BCUT2D eigenvalue weighted by molar-refractivity contribution is -0.138. The Morgan fingerprint density at radius 2 is 1.25 bits per heavy atom. The second-order valence-corrected chi connectivity index (χ2v) is 14.3. The van der Waals surface area contributed by atoms with Gasteiger partial charge in [-0.1, -0.05) is 11.6 Å². The molecule has 1 fully saturated rings. The highest BCUT2D eigenvalue weighted by molar-refractivity contribution is 6.29. The molecular weight excluding hydrogens is 728 g/mol. The summed E-state index contributed by atoms with van der Waals surface area (Å²) < 4.78 is 19.6. The first-order valence-corrected chi connectivity index (χ1v) is 18.6. The summed E-state index contributed by atoms with van der Waals surface area (Å²) in [5.41, 5.74) is 3.23. The van der Waals surface area contributed by atoms with Crippen molar-refractivity contribution in [2.45, 2.75) is 52.9 Å². The van der Waals surface area contributed by atoms with Gasteiger partial charge in [0.1, 0.15) is 71.4 Å². The van der Waals surface area contributed by atoms with Crippen molar-refractivity contribution in [1.29, 1.82) is 0 Å². The Labute approximate surface area is 321 Å². The van der Waals surface area contributed by atoms with Crippen LogP contribution in [0.2, 0.25) is 5.15 Å². The number of aliphatic carboxylic acids is 1. The third kappa shape index (κ3) is 7.34. The second kappa shape index (κ2) is 15.1. The first kappa shape index (κ1) is 36.1. The summed E-state index contributed by atoms with van der Waals surface area (Å²) in [5, 5.41) is 18.0. The fourth-order valence-corrected chi connectivity index (χ4v) is 7.01. The minimum atomic E-state index is -0.795. The van der Waals surface area contributed by atoms with Crippen molar-refractivity contribution in [3.8, 4) is 57.3 Å². The summed E-state index contributed by atoms with van der Waals surface area (Å²) in [6.07, 6.45) is 10.6. The van der Waals surface area contributed by atoms with E-state index in [1.54, 1.807) is 24.9 Å². The largest absolute Gasteiger partial charge is 0.491 e. The number of pyridine rings is 2. The smallest absolute Gasteiger partial charge is 0.317 e. The summed E-state index contributed by atoms with van der Waals surface area (Å²) in [7, 11) is 0. The van der Waals surface area contributed by atoms with E-state index in [9.17, 15) is 4.79 Å². The van der Waals surface area contributed by atoms with E-state index in [-0.39, 0.29) is 18.6 Å². The van der Waals surface area contributed by atoms with Gasteiger partial charge in [-0.15, -0.1) is 0 Å². The zero-order valence-corrected chi connectivity index (χ0v) is 31.7. The molecule has 6 aromatic rings. The van der Waals surface area contributed by atoms with Crippen LogP contribution < -0.4 is 14.4 Å². The van der Waals surface area contributed by atoms with Gasteiger partial charge in [0.25, 0.3) is 0 Å². The van der Waals surface area contributed by atoms with Gasteiger partial charge in [-0.3, -0.25) is 9.69 Å². The summed E-state index contributed by atoms with van der Waals surface area (Å²) in [5.74, 6) is 4.59. The van der Waals surface area contributed by atoms with Crippen molar-refractivity contribution in [2.24, 2.45) is 0 Å². The van der Waals surface area contributed by atoms with Crippen molar-refractivity contribution < 1.29 is 19.4 Å². The molecule has 0 spiro atoms. The van der Waals surface area contributed by atoms with E-state index < -0.39 is 5.97 Å². The van der Waals surface area contributed by atoms with Gasteiger partial charge in [-0.25, -0.2) is 39.3 Å². The van der Waals surface area contributed by atoms with Crippen molar-refractivity contribution in [2.75, 3.05) is 50.8 Å². The van der Waals surface area contributed by atoms with E-state index in [4.69, 9.17) is 36.1 Å². The van der Waals surface area contributed by atoms with Crippen LogP contribution in [-0.2, 0) is 17.9 Å². The van der Waals surface area contributed by atoms with E-state index >= 15 is 0 Å². The minimum absolute atomic E-state index is 0.0735. The van der Waals surface area contributed by atoms with Crippen molar-refractivity contribution >= 4 is 23.4 Å². The Morgan fingerprint density at radius 3 is 1.78 bits per heavy atom. The molecule has 0 saturated carbocycles. The van der Waals surface area contributed by atoms with Crippen LogP contribution in [0, 0.1) is 0 Å². The Kier molecular flexibility index (Phi) is 9.91. The van der Waals surface area contributed by atoms with Gasteiger partial charge in [0.05, 0.1) is 30.8 Å². The highest BCUT2D eigenvalue weighted by atomic mass is 35.5. The van der Waals surface area contributed by atoms with Crippen LogP contribution in [0.4, 0.5) is 5.82 Å². The maximum atomic E-state index is 10.9. The fourth-order valence-electron chi connectivity index (χ4n) is 6.86. The number of anilines is 1. The van der Waals surface area contributed by atoms with E-state index in [0.29, 0.717) is 50.3 Å². The first-order chi connectivity index (χ1) is 26.6. The number of hydrogen-bond donors (Lipinski definition) is 1. The standard InChI is InChI=1S/C21H26N8O3.C15H15ClN6O/c1-14(2)29-21(23-13-24-29)16-11-28-7-8-32-17-9-18(22-10-15(17)20(28)25-16)27-5-3-26(4-6-27)12-19(30)31;1-9(2)22-15(18-8-19-22)11-7-21-3-4-23-12-5-13(16)17-6-10(12)14(21)20-11/h9-11,13-14H,3-8,12H2,1-2H3,(H,30,31);5-9H,3-4H2,1-2H3. The number of halogens is 1. The molecule has 6 aromatic heterocycles. The second-order valence-electron chi connectivity index (χ2n) is 13.9. The van der Waals surface area contributed by atoms with Crippen LogP contribution in [0.1, 0.15) is 39.8 Å². The Bertz CT molecular complexity index is 2320. The number of hydrogen-bond acceptors (Lipinski definition) is 13. The molecule has 0 aliphatic carbocycles. The van der Waals surface area contributed by atoms with Crippen molar-refractivity contribution in [3.05, 3.63) is 54.7 Å². The molecular formula is C36H41ClN14O4. The summed E-state index contributed by atoms with van der Waals surface area (Å²) in [6, 6.07) is 4.08. The minimum Gasteiger partial charge on any atom is -0.491 e. The molecule has 9 heterocycles. The zero-order valence-electron chi connectivity index (χ0n) is 30.9. The molecule has 0 atom stereocenters. The number of carboxylic acid groups (broad SMARTS) is 1. The fraction of sp³-hybridized carbons (Fsp3) is 0.417. The first-order valence-electron chi connectivity index (χ1n) is 18.2. The number of nitrogens with zero attached hydrogens (tertiary/aromatic N) is 14. The van der Waals surface area contributed by atoms with Crippen LogP contribution in [0.15, 0.2) is 49.6 Å². The number of carboxylic acids is 1. The van der Waals surface area contributed by atoms with Crippen molar-refractivity contribution in [1.82, 2.24) is 63.5 Å². The highest BCUT2D eigenvalue weighted by Crippen LogP contribution is 2.36. The lowest BCUT2D eigenvalue weighted by atomic mass is 10.2. The molecule has 0 radical (unpaired) electrons. The molecule has 0 bridgehead atoms. The molecule has 3 aliphatic rings. The number of fused-ring (bicyclic) bond motifs is 6. The molecule has 0 aromatic carbocycles. The molecule has 18 nitrogen and oxygen atoms in total. The topological polar surface area (TPSA) is 185 Å². The zero-order chi connectivity index (χ0) is 38.2. The number of ether oxygens (including phenoxy) is 2. The third-order valence-electron chi connectivity index (χ3n) is 9.54. The van der Waals surface area contributed by atoms with Crippen LogP contribution in [-0.4, -0.2) is 121 Å². The maximum Gasteiger partial charge on any atom is 0.317 e. The number of imidazole rings is 2. The third-order valence-corrected chi connectivity index (χ3v) is 9.74. The molecule has 9 rings (SSSR count). The van der Waals surface area contributed by atoms with Crippen LogP contribution in [0.5, 0.6) is 11.5 Å². The molecule has 19 heteroatoms. The lowest BCUT2D eigenvalue weighted by Gasteiger charge is -2.34. The van der Waals surface area contributed by atoms with Crippen LogP contribution in [0.3, 0.4) is 0 Å². The van der Waals surface area contributed by atoms with Crippen molar-refractivity contribution in [3.63, 3.8) is 0 Å². The average molecular weight is 769 g/mol.